The summed E-state index contributed by atoms with van der Waals surface area (Å²) in [5.41, 5.74) is 0.00613. The Labute approximate surface area is 207 Å². The number of methoxy groups -OCH3 is 1. The number of rotatable bonds is 4. The average Bonchev–Trinajstić information content (AvgIpc) is 2.87. The molecule has 0 aliphatic carbocycles. The molecule has 1 aromatic carbocycles. The third-order valence-corrected chi connectivity index (χ3v) is 6.25. The number of nitrogens with zero attached hydrogens (tertiary/aromatic N) is 4. The van der Waals surface area contributed by atoms with Crippen molar-refractivity contribution >= 4 is 11.2 Å². The molecular formula is C25H21F4N5O3. The summed E-state index contributed by atoms with van der Waals surface area (Å²) in [4.78, 5) is 32.1. The zero-order valence-corrected chi connectivity index (χ0v) is 19.8. The van der Waals surface area contributed by atoms with Gasteiger partial charge in [0.2, 0.25) is 11.4 Å². The van der Waals surface area contributed by atoms with Gasteiger partial charge in [-0.3, -0.25) is 4.79 Å². The lowest BCUT2D eigenvalue weighted by molar-refractivity contribution is -0.137. The highest BCUT2D eigenvalue weighted by molar-refractivity contribution is 5.87. The van der Waals surface area contributed by atoms with Gasteiger partial charge in [0.25, 0.3) is 0 Å². The number of aryl methyl sites for hydroxylation is 1. The molecule has 37 heavy (non-hydrogen) atoms. The van der Waals surface area contributed by atoms with Gasteiger partial charge in [0.05, 0.1) is 18.8 Å². The fourth-order valence-corrected chi connectivity index (χ4v) is 4.36. The van der Waals surface area contributed by atoms with Crippen molar-refractivity contribution in [3.63, 3.8) is 0 Å². The number of ether oxygens (including phenoxy) is 2. The summed E-state index contributed by atoms with van der Waals surface area (Å²) < 4.78 is 65.6. The van der Waals surface area contributed by atoms with E-state index in [0.717, 1.165) is 17.7 Å². The maximum Gasteiger partial charge on any atom is 0.416 e. The highest BCUT2D eigenvalue weighted by Gasteiger charge is 2.32. The van der Waals surface area contributed by atoms with E-state index < -0.39 is 17.6 Å². The molecule has 192 valence electrons. The fourth-order valence-electron chi connectivity index (χ4n) is 4.36. The van der Waals surface area contributed by atoms with Crippen molar-refractivity contribution in [3.05, 3.63) is 75.3 Å². The van der Waals surface area contributed by atoms with Crippen molar-refractivity contribution < 1.29 is 27.0 Å². The van der Waals surface area contributed by atoms with E-state index in [-0.39, 0.29) is 45.9 Å². The average molecular weight is 515 g/mol. The van der Waals surface area contributed by atoms with Crippen LogP contribution in [0.4, 0.5) is 17.6 Å². The summed E-state index contributed by atoms with van der Waals surface area (Å²) in [5.74, 6) is -0.809. The smallest absolute Gasteiger partial charge is 0.416 e. The molecule has 1 fully saturated rings. The number of hydrogen-bond donors (Lipinski definition) is 1. The van der Waals surface area contributed by atoms with Gasteiger partial charge in [-0.05, 0) is 49.6 Å². The summed E-state index contributed by atoms with van der Waals surface area (Å²) in [5, 5.41) is 0. The Balaban J connectivity index is 1.62. The number of alkyl halides is 3. The first-order valence-electron chi connectivity index (χ1n) is 11.4. The molecule has 5 rings (SSSR count). The van der Waals surface area contributed by atoms with Crippen molar-refractivity contribution in [3.8, 4) is 17.1 Å². The van der Waals surface area contributed by atoms with E-state index in [0.29, 0.717) is 37.0 Å². The van der Waals surface area contributed by atoms with Crippen molar-refractivity contribution in [2.45, 2.75) is 38.0 Å². The van der Waals surface area contributed by atoms with Crippen LogP contribution in [-0.2, 0) is 10.9 Å². The molecular weight excluding hydrogens is 494 g/mol. The van der Waals surface area contributed by atoms with Crippen LogP contribution in [0.5, 0.6) is 5.88 Å². The number of H-pyrrole nitrogens is 1. The highest BCUT2D eigenvalue weighted by atomic mass is 19.4. The molecule has 4 aromatic rings. The number of pyridine rings is 1. The van der Waals surface area contributed by atoms with Crippen LogP contribution in [0.2, 0.25) is 0 Å². The Morgan fingerprint density at radius 1 is 1.11 bits per heavy atom. The second-order valence-electron chi connectivity index (χ2n) is 8.68. The SMILES string of the molecule is COc1nc2c(-c3ccc(C(F)(F)F)cc3F)nc([C@H]3CCO[C@@H](c4ccc(=O)[nH]c4)C3)nc2nc1C. The summed E-state index contributed by atoms with van der Waals surface area (Å²) in [6.45, 7) is 2.05. The Morgan fingerprint density at radius 3 is 2.59 bits per heavy atom. The number of benzene rings is 1. The number of halogens is 4. The van der Waals surface area contributed by atoms with E-state index in [1.165, 1.54) is 13.2 Å². The monoisotopic (exact) mass is 515 g/mol. The predicted octanol–water partition coefficient (Wildman–Crippen LogP) is 4.89. The van der Waals surface area contributed by atoms with Crippen LogP contribution in [0.3, 0.4) is 0 Å². The summed E-state index contributed by atoms with van der Waals surface area (Å²) in [7, 11) is 1.40. The van der Waals surface area contributed by atoms with E-state index >= 15 is 4.39 Å². The zero-order valence-electron chi connectivity index (χ0n) is 19.8. The number of hydrogen-bond acceptors (Lipinski definition) is 7. The first-order valence-corrected chi connectivity index (χ1v) is 11.4. The standard InChI is InChI=1S/C25H21F4N5O3/c1-12-24(36-2)33-21-20(16-5-4-15(10-17(16)26)25(27,28)29)32-22(34-23(21)31-12)13-7-8-37-18(9-13)14-3-6-19(35)30-11-14/h3-6,10-11,13,18H,7-9H2,1-2H3,(H,30,35)/t13-,18+/m0/s1. The molecule has 3 aromatic heterocycles. The Morgan fingerprint density at radius 2 is 1.92 bits per heavy atom. The van der Waals surface area contributed by atoms with Crippen LogP contribution in [0.25, 0.3) is 22.4 Å². The molecule has 1 N–H and O–H groups in total. The molecule has 0 radical (unpaired) electrons. The number of nitrogens with one attached hydrogen (secondary N) is 1. The first-order chi connectivity index (χ1) is 17.6. The molecule has 1 aliphatic rings. The number of aromatic nitrogens is 5. The van der Waals surface area contributed by atoms with Gasteiger partial charge in [0.15, 0.2) is 5.65 Å². The van der Waals surface area contributed by atoms with Gasteiger partial charge in [0, 0.05) is 30.4 Å². The molecule has 1 saturated heterocycles. The molecule has 4 heterocycles. The van der Waals surface area contributed by atoms with Crippen molar-refractivity contribution in [1.82, 2.24) is 24.9 Å². The lowest BCUT2D eigenvalue weighted by atomic mass is 9.91. The van der Waals surface area contributed by atoms with E-state index in [9.17, 15) is 18.0 Å². The molecule has 0 saturated carbocycles. The van der Waals surface area contributed by atoms with Gasteiger partial charge in [-0.1, -0.05) is 0 Å². The summed E-state index contributed by atoms with van der Waals surface area (Å²) >= 11 is 0. The molecule has 0 bridgehead atoms. The second kappa shape index (κ2) is 9.51. The highest BCUT2D eigenvalue weighted by Crippen LogP contribution is 2.39. The fraction of sp³-hybridized carbons (Fsp3) is 0.320. The quantitative estimate of drug-likeness (QED) is 0.386. The lowest BCUT2D eigenvalue weighted by Crippen LogP contribution is -2.21. The Hall–Kier alpha value is -3.93. The largest absolute Gasteiger partial charge is 0.480 e. The Kier molecular flexibility index (Phi) is 6.36. The molecule has 12 heteroatoms. The van der Waals surface area contributed by atoms with Crippen LogP contribution in [-0.4, -0.2) is 38.6 Å². The molecule has 0 unspecified atom stereocenters. The van der Waals surface area contributed by atoms with Crippen LogP contribution >= 0.6 is 0 Å². The van der Waals surface area contributed by atoms with Crippen LogP contribution < -0.4 is 10.3 Å². The second-order valence-corrected chi connectivity index (χ2v) is 8.68. The summed E-state index contributed by atoms with van der Waals surface area (Å²) in [6, 6.07) is 5.35. The molecule has 0 amide bonds. The van der Waals surface area contributed by atoms with Gasteiger partial charge < -0.3 is 14.5 Å². The van der Waals surface area contributed by atoms with E-state index in [1.54, 1.807) is 19.2 Å². The van der Waals surface area contributed by atoms with Gasteiger partial charge in [0.1, 0.15) is 28.5 Å². The van der Waals surface area contributed by atoms with Gasteiger partial charge >= 0.3 is 6.18 Å². The maximum atomic E-state index is 15.1. The molecule has 2 atom stereocenters. The first kappa shape index (κ1) is 24.8. The minimum atomic E-state index is -4.70. The van der Waals surface area contributed by atoms with Crippen LogP contribution in [0.15, 0.2) is 41.3 Å². The lowest BCUT2D eigenvalue weighted by Gasteiger charge is -2.29. The predicted molar refractivity (Wildman–Crippen MR) is 125 cm³/mol. The zero-order chi connectivity index (χ0) is 26.3. The molecule has 1 aliphatic heterocycles. The van der Waals surface area contributed by atoms with E-state index in [1.807, 2.05) is 0 Å². The van der Waals surface area contributed by atoms with Crippen molar-refractivity contribution in [2.75, 3.05) is 13.7 Å². The third-order valence-electron chi connectivity index (χ3n) is 6.25. The van der Waals surface area contributed by atoms with Gasteiger partial charge in [-0.15, -0.1) is 0 Å². The summed E-state index contributed by atoms with van der Waals surface area (Å²) in [6.07, 6.45) is -2.43. The van der Waals surface area contributed by atoms with Crippen LogP contribution in [0, 0.1) is 12.7 Å². The third kappa shape index (κ3) is 4.88. The Bertz CT molecular complexity index is 1520. The molecule has 8 nitrogen and oxygen atoms in total. The van der Waals surface area contributed by atoms with Crippen molar-refractivity contribution in [2.24, 2.45) is 0 Å². The van der Waals surface area contributed by atoms with Gasteiger partial charge in [-0.2, -0.15) is 13.2 Å². The van der Waals surface area contributed by atoms with Gasteiger partial charge in [-0.25, -0.2) is 24.3 Å². The number of aromatic amines is 1. The normalized spacial score (nSPS) is 18.2. The minimum Gasteiger partial charge on any atom is -0.480 e. The van der Waals surface area contributed by atoms with E-state index in [2.05, 4.69) is 24.9 Å². The maximum absolute atomic E-state index is 15.1. The number of fused-ring (bicyclic) bond motifs is 1. The van der Waals surface area contributed by atoms with E-state index in [4.69, 9.17) is 9.47 Å². The topological polar surface area (TPSA) is 103 Å². The van der Waals surface area contributed by atoms with Crippen molar-refractivity contribution in [1.29, 1.82) is 0 Å². The van der Waals surface area contributed by atoms with Crippen LogP contribution in [0.1, 0.15) is 47.5 Å². The minimum absolute atomic E-state index is 0.0177. The molecule has 0 spiro atoms.